The zero-order valence-electron chi connectivity index (χ0n) is 17.6. The van der Waals surface area contributed by atoms with Gasteiger partial charge in [0.15, 0.2) is 5.16 Å². The van der Waals surface area contributed by atoms with Crippen molar-refractivity contribution in [2.24, 2.45) is 0 Å². The number of rotatable bonds is 6. The van der Waals surface area contributed by atoms with Crippen LogP contribution in [-0.4, -0.2) is 21.2 Å². The van der Waals surface area contributed by atoms with Gasteiger partial charge >= 0.3 is 0 Å². The van der Waals surface area contributed by atoms with E-state index < -0.39 is 17.3 Å². The number of hydrogen-bond acceptors (Lipinski definition) is 5. The Bertz CT molecular complexity index is 1580. The van der Waals surface area contributed by atoms with Crippen molar-refractivity contribution in [3.8, 4) is 0 Å². The molecule has 5 rings (SSSR count). The van der Waals surface area contributed by atoms with Crippen molar-refractivity contribution in [3.63, 3.8) is 0 Å². The van der Waals surface area contributed by atoms with Gasteiger partial charge in [0, 0.05) is 5.39 Å². The standard InChI is InChI=1S/C25H17F2N3O3S/c26-16-11-9-15(10-12-16)13-30-24(32)23-22(17-5-1-4-8-20(17)33-23)29-25(30)34-14-21(31)28-19-7-3-2-6-18(19)27/h1-12H,13-14H2,(H,28,31). The van der Waals surface area contributed by atoms with Crippen LogP contribution in [-0.2, 0) is 11.3 Å². The number of fused-ring (bicyclic) bond motifs is 3. The second kappa shape index (κ2) is 9.11. The Morgan fingerprint density at radius 1 is 1.00 bits per heavy atom. The highest BCUT2D eigenvalue weighted by Gasteiger charge is 2.19. The first kappa shape index (κ1) is 21.8. The Kier molecular flexibility index (Phi) is 5.85. The van der Waals surface area contributed by atoms with Crippen molar-refractivity contribution in [2.45, 2.75) is 11.7 Å². The molecule has 0 aliphatic rings. The quantitative estimate of drug-likeness (QED) is 0.269. The lowest BCUT2D eigenvalue weighted by Gasteiger charge is -2.12. The second-order valence-electron chi connectivity index (χ2n) is 7.50. The molecule has 0 spiro atoms. The van der Waals surface area contributed by atoms with Gasteiger partial charge in [0.25, 0.3) is 5.56 Å². The van der Waals surface area contributed by atoms with Gasteiger partial charge in [-0.2, -0.15) is 0 Å². The van der Waals surface area contributed by atoms with Crippen LogP contribution in [0.5, 0.6) is 0 Å². The zero-order chi connectivity index (χ0) is 23.7. The number of amides is 1. The summed E-state index contributed by atoms with van der Waals surface area (Å²) in [5.74, 6) is -1.49. The minimum atomic E-state index is -0.543. The molecule has 3 aromatic carbocycles. The number of halogens is 2. The number of benzene rings is 3. The van der Waals surface area contributed by atoms with Crippen LogP contribution in [0.2, 0.25) is 0 Å². The molecule has 0 radical (unpaired) electrons. The average Bonchev–Trinajstić information content (AvgIpc) is 3.21. The molecule has 0 atom stereocenters. The monoisotopic (exact) mass is 477 g/mol. The molecule has 34 heavy (non-hydrogen) atoms. The van der Waals surface area contributed by atoms with E-state index in [0.717, 1.165) is 11.8 Å². The van der Waals surface area contributed by atoms with Gasteiger partial charge in [0.2, 0.25) is 11.5 Å². The maximum atomic E-state index is 13.9. The molecule has 2 heterocycles. The van der Waals surface area contributed by atoms with Crippen LogP contribution in [0.25, 0.3) is 22.1 Å². The van der Waals surface area contributed by atoms with Gasteiger partial charge in [-0.25, -0.2) is 13.8 Å². The molecule has 0 saturated carbocycles. The first-order chi connectivity index (χ1) is 16.5. The number of hydrogen-bond donors (Lipinski definition) is 1. The summed E-state index contributed by atoms with van der Waals surface area (Å²) >= 11 is 1.05. The highest BCUT2D eigenvalue weighted by atomic mass is 32.2. The SMILES string of the molecule is O=C(CSc1nc2c(oc3ccccc32)c(=O)n1Cc1ccc(F)cc1)Nc1ccccc1F. The van der Waals surface area contributed by atoms with Crippen molar-refractivity contribution < 1.29 is 18.0 Å². The zero-order valence-corrected chi connectivity index (χ0v) is 18.4. The maximum absolute atomic E-state index is 13.9. The summed E-state index contributed by atoms with van der Waals surface area (Å²) in [6, 6.07) is 18.8. The molecule has 0 unspecified atom stereocenters. The largest absolute Gasteiger partial charge is 0.448 e. The van der Waals surface area contributed by atoms with Crippen LogP contribution < -0.4 is 10.9 Å². The first-order valence-electron chi connectivity index (χ1n) is 10.3. The lowest BCUT2D eigenvalue weighted by Crippen LogP contribution is -2.24. The van der Waals surface area contributed by atoms with Crippen molar-refractivity contribution in [3.05, 3.63) is 100 Å². The van der Waals surface area contributed by atoms with Crippen LogP contribution in [0.3, 0.4) is 0 Å². The molecular formula is C25H17F2N3O3S. The van der Waals surface area contributed by atoms with E-state index in [1.807, 2.05) is 6.07 Å². The summed E-state index contributed by atoms with van der Waals surface area (Å²) in [6.07, 6.45) is 0. The Morgan fingerprint density at radius 3 is 2.53 bits per heavy atom. The average molecular weight is 477 g/mol. The number of nitrogens with zero attached hydrogens (tertiary/aromatic N) is 2. The number of carbonyl (C=O) groups excluding carboxylic acids is 1. The Morgan fingerprint density at radius 2 is 1.74 bits per heavy atom. The van der Waals surface area contributed by atoms with Crippen molar-refractivity contribution >= 4 is 45.4 Å². The Hall–Kier alpha value is -3.98. The predicted octanol–water partition coefficient (Wildman–Crippen LogP) is 5.20. The number of thioether (sulfide) groups is 1. The van der Waals surface area contributed by atoms with Gasteiger partial charge in [-0.3, -0.25) is 14.2 Å². The second-order valence-corrected chi connectivity index (χ2v) is 8.45. The number of anilines is 1. The minimum Gasteiger partial charge on any atom is -0.448 e. The van der Waals surface area contributed by atoms with Crippen molar-refractivity contribution in [2.75, 3.05) is 11.1 Å². The lowest BCUT2D eigenvalue weighted by molar-refractivity contribution is -0.113. The van der Waals surface area contributed by atoms with Crippen molar-refractivity contribution in [1.29, 1.82) is 0 Å². The van der Waals surface area contributed by atoms with Crippen LogP contribution in [0, 0.1) is 11.6 Å². The van der Waals surface area contributed by atoms with E-state index in [0.29, 0.717) is 22.0 Å². The van der Waals surface area contributed by atoms with Gasteiger partial charge in [-0.1, -0.05) is 48.2 Å². The van der Waals surface area contributed by atoms with E-state index in [2.05, 4.69) is 10.3 Å². The molecule has 5 aromatic rings. The molecule has 1 amide bonds. The molecule has 0 fully saturated rings. The summed E-state index contributed by atoms with van der Waals surface area (Å²) in [5, 5.41) is 3.49. The van der Waals surface area contributed by atoms with E-state index >= 15 is 0 Å². The van der Waals surface area contributed by atoms with Gasteiger partial charge in [-0.15, -0.1) is 0 Å². The van der Waals surface area contributed by atoms with Gasteiger partial charge in [0.1, 0.15) is 22.7 Å². The minimum absolute atomic E-state index is 0.0704. The summed E-state index contributed by atoms with van der Waals surface area (Å²) < 4.78 is 34.4. The van der Waals surface area contributed by atoms with E-state index in [1.54, 1.807) is 36.4 Å². The number of aromatic nitrogens is 2. The first-order valence-corrected chi connectivity index (χ1v) is 11.3. The summed E-state index contributed by atoms with van der Waals surface area (Å²) in [7, 11) is 0. The number of para-hydroxylation sites is 2. The molecule has 1 N–H and O–H groups in total. The molecule has 6 nitrogen and oxygen atoms in total. The third-order valence-corrected chi connectivity index (χ3v) is 6.16. The van der Waals surface area contributed by atoms with Gasteiger partial charge in [-0.05, 0) is 42.0 Å². The molecule has 0 saturated heterocycles. The van der Waals surface area contributed by atoms with Gasteiger partial charge < -0.3 is 9.73 Å². The van der Waals surface area contributed by atoms with Crippen LogP contribution >= 0.6 is 11.8 Å². The number of nitrogens with one attached hydrogen (secondary N) is 1. The Balaban J connectivity index is 1.51. The highest BCUT2D eigenvalue weighted by molar-refractivity contribution is 7.99. The summed E-state index contributed by atoms with van der Waals surface area (Å²) in [5.41, 5.74) is 1.35. The fourth-order valence-electron chi connectivity index (χ4n) is 3.55. The maximum Gasteiger partial charge on any atom is 0.298 e. The molecule has 0 bridgehead atoms. The molecule has 0 aliphatic carbocycles. The number of carbonyl (C=O) groups is 1. The Labute approximate surface area is 196 Å². The van der Waals surface area contributed by atoms with E-state index in [4.69, 9.17) is 4.42 Å². The topological polar surface area (TPSA) is 77.1 Å². The summed E-state index contributed by atoms with van der Waals surface area (Å²) in [4.78, 5) is 30.5. The molecule has 170 valence electrons. The van der Waals surface area contributed by atoms with Gasteiger partial charge in [0.05, 0.1) is 18.0 Å². The number of furan rings is 1. The molecule has 0 aliphatic heterocycles. The normalized spacial score (nSPS) is 11.2. The predicted molar refractivity (Wildman–Crippen MR) is 127 cm³/mol. The highest BCUT2D eigenvalue weighted by Crippen LogP contribution is 2.27. The third kappa shape index (κ3) is 4.29. The lowest BCUT2D eigenvalue weighted by atomic mass is 10.2. The summed E-state index contributed by atoms with van der Waals surface area (Å²) in [6.45, 7) is 0.108. The van der Waals surface area contributed by atoms with Crippen molar-refractivity contribution in [1.82, 2.24) is 9.55 Å². The molecular weight excluding hydrogens is 460 g/mol. The van der Waals surface area contributed by atoms with Crippen LogP contribution in [0.4, 0.5) is 14.5 Å². The smallest absolute Gasteiger partial charge is 0.298 e. The molecule has 2 aromatic heterocycles. The fourth-order valence-corrected chi connectivity index (χ4v) is 4.35. The third-order valence-electron chi connectivity index (χ3n) is 5.18. The van der Waals surface area contributed by atoms with E-state index in [1.165, 1.54) is 34.9 Å². The van der Waals surface area contributed by atoms with E-state index in [9.17, 15) is 18.4 Å². The van der Waals surface area contributed by atoms with Crippen LogP contribution in [0.15, 0.2) is 87.2 Å². The van der Waals surface area contributed by atoms with E-state index in [-0.39, 0.29) is 34.5 Å². The van der Waals surface area contributed by atoms with Crippen LogP contribution in [0.1, 0.15) is 5.56 Å². The fraction of sp³-hybridized carbons (Fsp3) is 0.0800. The molecule has 9 heteroatoms.